The molecule has 0 spiro atoms. The Balaban J connectivity index is 3.35. The second kappa shape index (κ2) is 4.98. The lowest BCUT2D eigenvalue weighted by atomic mass is 10.2. The van der Waals surface area contributed by atoms with Gasteiger partial charge in [-0.1, -0.05) is 62.9 Å². The Kier molecular flexibility index (Phi) is 4.11. The SMILES string of the molecule is C/C=C/[Si](OC)(c1ccccc1)C(C)(C)C. The molecule has 0 aliphatic carbocycles. The van der Waals surface area contributed by atoms with Crippen LogP contribution in [0.15, 0.2) is 42.1 Å². The van der Waals surface area contributed by atoms with Gasteiger partial charge in [-0.2, -0.15) is 0 Å². The maximum absolute atomic E-state index is 5.98. The van der Waals surface area contributed by atoms with Crippen LogP contribution in [0.1, 0.15) is 27.7 Å². The number of rotatable bonds is 3. The quantitative estimate of drug-likeness (QED) is 0.728. The van der Waals surface area contributed by atoms with Gasteiger partial charge in [0.1, 0.15) is 0 Å². The van der Waals surface area contributed by atoms with Crippen LogP contribution in [0.5, 0.6) is 0 Å². The van der Waals surface area contributed by atoms with Gasteiger partial charge in [0.05, 0.1) is 0 Å². The molecule has 0 amide bonds. The molecule has 88 valence electrons. The number of allylic oxidation sites excluding steroid dienone is 1. The molecule has 1 atom stereocenters. The van der Waals surface area contributed by atoms with E-state index in [0.717, 1.165) is 0 Å². The zero-order chi connectivity index (χ0) is 12.2. The van der Waals surface area contributed by atoms with Gasteiger partial charge in [-0.3, -0.25) is 0 Å². The minimum atomic E-state index is -2.03. The minimum absolute atomic E-state index is 0.148. The fourth-order valence-electron chi connectivity index (χ4n) is 2.19. The van der Waals surface area contributed by atoms with Gasteiger partial charge in [-0.25, -0.2) is 0 Å². The predicted molar refractivity (Wildman–Crippen MR) is 73.4 cm³/mol. The number of hydrogen-bond acceptors (Lipinski definition) is 1. The highest BCUT2D eigenvalue weighted by molar-refractivity contribution is 6.93. The van der Waals surface area contributed by atoms with E-state index in [2.05, 4.69) is 69.8 Å². The summed E-state index contributed by atoms with van der Waals surface area (Å²) in [5.41, 5.74) is 2.28. The Labute approximate surface area is 100 Å². The summed E-state index contributed by atoms with van der Waals surface area (Å²) in [6, 6.07) is 10.6. The summed E-state index contributed by atoms with van der Waals surface area (Å²) < 4.78 is 5.98. The lowest BCUT2D eigenvalue weighted by molar-refractivity contribution is 0.385. The molecule has 1 rings (SSSR count). The molecular weight excluding hydrogens is 212 g/mol. The molecule has 0 saturated heterocycles. The van der Waals surface area contributed by atoms with E-state index in [9.17, 15) is 0 Å². The Morgan fingerprint density at radius 1 is 1.12 bits per heavy atom. The molecule has 0 aliphatic rings. The molecule has 0 aliphatic heterocycles. The molecule has 16 heavy (non-hydrogen) atoms. The van der Waals surface area contributed by atoms with Crippen molar-refractivity contribution in [1.82, 2.24) is 0 Å². The van der Waals surface area contributed by atoms with Crippen LogP contribution in [0.25, 0.3) is 0 Å². The highest BCUT2D eigenvalue weighted by Gasteiger charge is 2.45. The van der Waals surface area contributed by atoms with Crippen LogP contribution in [-0.2, 0) is 4.43 Å². The zero-order valence-corrected chi connectivity index (χ0v) is 11.9. The first-order chi connectivity index (χ1) is 7.48. The van der Waals surface area contributed by atoms with E-state index in [1.807, 2.05) is 7.11 Å². The van der Waals surface area contributed by atoms with Gasteiger partial charge in [0.2, 0.25) is 0 Å². The van der Waals surface area contributed by atoms with Crippen LogP contribution in [0.3, 0.4) is 0 Å². The molecule has 1 aromatic rings. The van der Waals surface area contributed by atoms with Crippen molar-refractivity contribution >= 4 is 13.5 Å². The molecule has 0 fully saturated rings. The summed E-state index contributed by atoms with van der Waals surface area (Å²) in [6.45, 7) is 8.84. The van der Waals surface area contributed by atoms with E-state index in [-0.39, 0.29) is 5.04 Å². The van der Waals surface area contributed by atoms with Gasteiger partial charge in [-0.05, 0) is 17.1 Å². The summed E-state index contributed by atoms with van der Waals surface area (Å²) >= 11 is 0. The molecule has 0 saturated carbocycles. The Morgan fingerprint density at radius 2 is 1.69 bits per heavy atom. The van der Waals surface area contributed by atoms with Crippen molar-refractivity contribution < 1.29 is 4.43 Å². The van der Waals surface area contributed by atoms with Crippen molar-refractivity contribution in [2.75, 3.05) is 7.11 Å². The summed E-state index contributed by atoms with van der Waals surface area (Å²) in [5, 5.41) is 1.48. The fourth-order valence-corrected chi connectivity index (χ4v) is 5.89. The predicted octanol–water partition coefficient (Wildman–Crippen LogP) is 3.40. The van der Waals surface area contributed by atoms with Crippen molar-refractivity contribution in [3.63, 3.8) is 0 Å². The van der Waals surface area contributed by atoms with Gasteiger partial charge in [0, 0.05) is 7.11 Å². The molecule has 0 heterocycles. The third-order valence-corrected chi connectivity index (χ3v) is 7.91. The lowest BCUT2D eigenvalue weighted by Gasteiger charge is -2.39. The molecule has 1 unspecified atom stereocenters. The van der Waals surface area contributed by atoms with Crippen LogP contribution in [0, 0.1) is 0 Å². The topological polar surface area (TPSA) is 9.23 Å². The van der Waals surface area contributed by atoms with Crippen LogP contribution in [0.4, 0.5) is 0 Å². The highest BCUT2D eigenvalue weighted by atomic mass is 28.4. The molecule has 1 aromatic carbocycles. The van der Waals surface area contributed by atoms with Crippen LogP contribution in [0.2, 0.25) is 5.04 Å². The van der Waals surface area contributed by atoms with E-state index in [0.29, 0.717) is 0 Å². The van der Waals surface area contributed by atoms with Gasteiger partial charge in [0.15, 0.2) is 0 Å². The van der Waals surface area contributed by atoms with Crippen LogP contribution >= 0.6 is 0 Å². The van der Waals surface area contributed by atoms with Gasteiger partial charge >= 0.3 is 0 Å². The largest absolute Gasteiger partial charge is 0.411 e. The lowest BCUT2D eigenvalue weighted by Crippen LogP contribution is -2.55. The van der Waals surface area contributed by atoms with E-state index < -0.39 is 8.32 Å². The van der Waals surface area contributed by atoms with Crippen LogP contribution in [-0.4, -0.2) is 15.4 Å². The summed E-state index contributed by atoms with van der Waals surface area (Å²) in [5.74, 6) is 0. The third-order valence-electron chi connectivity index (χ3n) is 3.04. The normalized spacial score (nSPS) is 16.3. The average molecular weight is 234 g/mol. The average Bonchev–Trinajstić information content (AvgIpc) is 2.25. The van der Waals surface area contributed by atoms with Crippen LogP contribution < -0.4 is 5.19 Å². The maximum Gasteiger partial charge on any atom is 0.253 e. The van der Waals surface area contributed by atoms with E-state index >= 15 is 0 Å². The second-order valence-corrected chi connectivity index (χ2v) is 9.35. The minimum Gasteiger partial charge on any atom is -0.411 e. The van der Waals surface area contributed by atoms with Gasteiger partial charge in [-0.15, -0.1) is 0 Å². The summed E-state index contributed by atoms with van der Waals surface area (Å²) in [6.07, 6.45) is 2.12. The molecule has 2 heteroatoms. The monoisotopic (exact) mass is 234 g/mol. The van der Waals surface area contributed by atoms with Gasteiger partial charge < -0.3 is 4.43 Å². The van der Waals surface area contributed by atoms with E-state index in [1.54, 1.807) is 0 Å². The number of benzene rings is 1. The maximum atomic E-state index is 5.98. The summed E-state index contributed by atoms with van der Waals surface area (Å²) in [7, 11) is -0.190. The van der Waals surface area contributed by atoms with E-state index in [4.69, 9.17) is 4.43 Å². The zero-order valence-electron chi connectivity index (χ0n) is 10.9. The molecule has 1 nitrogen and oxygen atoms in total. The Hall–Kier alpha value is -0.863. The summed E-state index contributed by atoms with van der Waals surface area (Å²) in [4.78, 5) is 0. The first-order valence-electron chi connectivity index (χ1n) is 5.72. The second-order valence-electron chi connectivity index (χ2n) is 5.06. The van der Waals surface area contributed by atoms with Crippen molar-refractivity contribution in [1.29, 1.82) is 0 Å². The van der Waals surface area contributed by atoms with Crippen molar-refractivity contribution in [2.24, 2.45) is 0 Å². The molecule has 0 aromatic heterocycles. The standard InChI is InChI=1S/C14H22OSi/c1-6-12-16(15-5,14(2,3)4)13-10-8-7-9-11-13/h6-12H,1-5H3/b12-6+. The van der Waals surface area contributed by atoms with Gasteiger partial charge in [0.25, 0.3) is 8.32 Å². The van der Waals surface area contributed by atoms with Crippen molar-refractivity contribution in [3.8, 4) is 0 Å². The van der Waals surface area contributed by atoms with Crippen molar-refractivity contribution in [3.05, 3.63) is 42.1 Å². The molecular formula is C14H22OSi. The van der Waals surface area contributed by atoms with Crippen molar-refractivity contribution in [2.45, 2.75) is 32.7 Å². The number of hydrogen-bond donors (Lipinski definition) is 0. The Morgan fingerprint density at radius 3 is 2.06 bits per heavy atom. The first kappa shape index (κ1) is 13.2. The Bertz CT molecular complexity index is 351. The molecule has 0 N–H and O–H groups in total. The fraction of sp³-hybridized carbons (Fsp3) is 0.429. The third kappa shape index (κ3) is 2.28. The highest BCUT2D eigenvalue weighted by Crippen LogP contribution is 2.37. The first-order valence-corrected chi connectivity index (χ1v) is 7.71. The smallest absolute Gasteiger partial charge is 0.253 e. The van der Waals surface area contributed by atoms with E-state index in [1.165, 1.54) is 5.19 Å². The molecule has 0 radical (unpaired) electrons. The molecule has 0 bridgehead atoms.